The second-order valence-electron chi connectivity index (χ2n) is 6.75. The number of rotatable bonds is 7. The Labute approximate surface area is 175 Å². The van der Waals surface area contributed by atoms with Crippen molar-refractivity contribution in [3.8, 4) is 12.1 Å². The van der Waals surface area contributed by atoms with Gasteiger partial charge in [0.05, 0.1) is 17.4 Å². The molecule has 4 heteroatoms. The summed E-state index contributed by atoms with van der Waals surface area (Å²) in [6.45, 7) is 2.01. The normalized spacial score (nSPS) is 12.6. The summed E-state index contributed by atoms with van der Waals surface area (Å²) in [5, 5.41) is 18.7. The van der Waals surface area contributed by atoms with Crippen molar-refractivity contribution in [3.05, 3.63) is 102 Å². The standard InChI is InChI=1S/C25H20N2OS/c1-18-12-14-22(15-13-18)29-25(24(28)20-10-6-3-7-11-20)23(21(16-26)17-27)19-8-4-2-5-9-19/h2-15,21,23,25H,1H3/t23-,25+/m1/s1. The van der Waals surface area contributed by atoms with Gasteiger partial charge in [-0.1, -0.05) is 78.4 Å². The quantitative estimate of drug-likeness (QED) is 0.375. The minimum Gasteiger partial charge on any atom is -0.293 e. The summed E-state index contributed by atoms with van der Waals surface area (Å²) in [7, 11) is 0. The van der Waals surface area contributed by atoms with Crippen LogP contribution in [0.4, 0.5) is 0 Å². The van der Waals surface area contributed by atoms with Crippen LogP contribution in [0.15, 0.2) is 89.8 Å². The smallest absolute Gasteiger partial charge is 0.176 e. The molecule has 0 aliphatic carbocycles. The molecular formula is C25H20N2OS. The lowest BCUT2D eigenvalue weighted by atomic mass is 9.82. The van der Waals surface area contributed by atoms with E-state index < -0.39 is 17.1 Å². The van der Waals surface area contributed by atoms with Gasteiger partial charge >= 0.3 is 0 Å². The molecular weight excluding hydrogens is 376 g/mol. The van der Waals surface area contributed by atoms with E-state index in [4.69, 9.17) is 0 Å². The van der Waals surface area contributed by atoms with Crippen LogP contribution in [-0.2, 0) is 0 Å². The predicted molar refractivity (Wildman–Crippen MR) is 115 cm³/mol. The number of hydrogen-bond donors (Lipinski definition) is 0. The molecule has 142 valence electrons. The fraction of sp³-hybridized carbons (Fsp3) is 0.160. The Balaban J connectivity index is 2.10. The molecule has 0 saturated carbocycles. The van der Waals surface area contributed by atoms with Crippen molar-refractivity contribution in [2.45, 2.75) is 23.0 Å². The lowest BCUT2D eigenvalue weighted by molar-refractivity contribution is 0.0978. The van der Waals surface area contributed by atoms with Gasteiger partial charge in [0.25, 0.3) is 0 Å². The summed E-state index contributed by atoms with van der Waals surface area (Å²) in [6, 6.07) is 30.6. The Hall–Kier alpha value is -3.34. The summed E-state index contributed by atoms with van der Waals surface area (Å²) < 4.78 is 0. The Kier molecular flexibility index (Phi) is 6.85. The Morgan fingerprint density at radius 2 is 1.38 bits per heavy atom. The molecule has 29 heavy (non-hydrogen) atoms. The van der Waals surface area contributed by atoms with E-state index in [1.54, 1.807) is 12.1 Å². The highest BCUT2D eigenvalue weighted by molar-refractivity contribution is 8.00. The zero-order valence-corrected chi connectivity index (χ0v) is 16.8. The molecule has 0 fully saturated rings. The third-order valence-corrected chi connectivity index (χ3v) is 6.05. The molecule has 0 aromatic heterocycles. The second kappa shape index (κ2) is 9.73. The first kappa shape index (κ1) is 20.4. The first-order chi connectivity index (χ1) is 14.1. The maximum absolute atomic E-state index is 13.5. The van der Waals surface area contributed by atoms with E-state index in [1.807, 2.05) is 79.7 Å². The number of carbonyl (C=O) groups is 1. The first-order valence-corrected chi connectivity index (χ1v) is 10.2. The van der Waals surface area contributed by atoms with Crippen molar-refractivity contribution < 1.29 is 4.79 Å². The van der Waals surface area contributed by atoms with Gasteiger partial charge in [-0.2, -0.15) is 10.5 Å². The Morgan fingerprint density at radius 3 is 1.93 bits per heavy atom. The van der Waals surface area contributed by atoms with E-state index in [9.17, 15) is 15.3 Å². The first-order valence-electron chi connectivity index (χ1n) is 9.31. The Morgan fingerprint density at radius 1 is 0.828 bits per heavy atom. The molecule has 3 aromatic carbocycles. The van der Waals surface area contributed by atoms with Gasteiger partial charge in [-0.25, -0.2) is 0 Å². The fourth-order valence-corrected chi connectivity index (χ4v) is 4.52. The van der Waals surface area contributed by atoms with Crippen LogP contribution >= 0.6 is 11.8 Å². The Bertz CT molecular complexity index is 1020. The number of nitrogens with zero attached hydrogens (tertiary/aromatic N) is 2. The highest BCUT2D eigenvalue weighted by Gasteiger charge is 2.37. The number of Topliss-reactive ketones (excluding diaryl/α,β-unsaturated/α-hetero) is 1. The van der Waals surface area contributed by atoms with E-state index in [0.29, 0.717) is 5.56 Å². The van der Waals surface area contributed by atoms with Crippen LogP contribution in [0.2, 0.25) is 0 Å². The zero-order valence-electron chi connectivity index (χ0n) is 16.0. The van der Waals surface area contributed by atoms with Crippen molar-refractivity contribution in [1.29, 1.82) is 10.5 Å². The maximum atomic E-state index is 13.5. The molecule has 0 aliphatic heterocycles. The highest BCUT2D eigenvalue weighted by atomic mass is 32.2. The van der Waals surface area contributed by atoms with Crippen molar-refractivity contribution in [2.75, 3.05) is 0 Å². The number of benzene rings is 3. The molecule has 0 amide bonds. The van der Waals surface area contributed by atoms with E-state index >= 15 is 0 Å². The number of carbonyl (C=O) groups excluding carboxylic acids is 1. The molecule has 0 heterocycles. The topological polar surface area (TPSA) is 64.7 Å². The molecule has 0 saturated heterocycles. The summed E-state index contributed by atoms with van der Waals surface area (Å²) in [5.41, 5.74) is 2.52. The molecule has 0 aliphatic rings. The number of hydrogen-bond acceptors (Lipinski definition) is 4. The molecule has 3 nitrogen and oxygen atoms in total. The van der Waals surface area contributed by atoms with Crippen molar-refractivity contribution in [1.82, 2.24) is 0 Å². The van der Waals surface area contributed by atoms with Gasteiger partial charge in [-0.3, -0.25) is 4.79 Å². The fourth-order valence-electron chi connectivity index (χ4n) is 3.23. The van der Waals surface area contributed by atoms with Crippen molar-refractivity contribution in [3.63, 3.8) is 0 Å². The van der Waals surface area contributed by atoms with E-state index in [1.165, 1.54) is 11.8 Å². The lowest BCUT2D eigenvalue weighted by Gasteiger charge is -2.27. The summed E-state index contributed by atoms with van der Waals surface area (Å²) >= 11 is 1.41. The van der Waals surface area contributed by atoms with Gasteiger partial charge in [0.15, 0.2) is 5.78 Å². The van der Waals surface area contributed by atoms with Crippen molar-refractivity contribution >= 4 is 17.5 Å². The van der Waals surface area contributed by atoms with E-state index in [2.05, 4.69) is 12.1 Å². The molecule has 0 unspecified atom stereocenters. The molecule has 0 radical (unpaired) electrons. The zero-order chi connectivity index (χ0) is 20.6. The third kappa shape index (κ3) is 4.93. The minimum absolute atomic E-state index is 0.0828. The van der Waals surface area contributed by atoms with Gasteiger partial charge < -0.3 is 0 Å². The van der Waals surface area contributed by atoms with Gasteiger partial charge in [0.2, 0.25) is 0 Å². The maximum Gasteiger partial charge on any atom is 0.176 e. The second-order valence-corrected chi connectivity index (χ2v) is 7.97. The van der Waals surface area contributed by atoms with Crippen LogP contribution in [0.1, 0.15) is 27.4 Å². The molecule has 0 bridgehead atoms. The van der Waals surface area contributed by atoms with Gasteiger partial charge in [-0.05, 0) is 24.6 Å². The summed E-state index contributed by atoms with van der Waals surface area (Å²) in [4.78, 5) is 14.5. The number of thioether (sulfide) groups is 1. The number of ketones is 1. The van der Waals surface area contributed by atoms with E-state index in [0.717, 1.165) is 16.0 Å². The van der Waals surface area contributed by atoms with Crippen LogP contribution < -0.4 is 0 Å². The molecule has 3 aromatic rings. The largest absolute Gasteiger partial charge is 0.293 e. The highest BCUT2D eigenvalue weighted by Crippen LogP contribution is 2.40. The van der Waals surface area contributed by atoms with Crippen LogP contribution in [0.25, 0.3) is 0 Å². The molecule has 2 atom stereocenters. The predicted octanol–water partition coefficient (Wildman–Crippen LogP) is 5.79. The molecule has 0 spiro atoms. The van der Waals surface area contributed by atoms with Crippen molar-refractivity contribution in [2.24, 2.45) is 5.92 Å². The molecule has 3 rings (SSSR count). The van der Waals surface area contributed by atoms with E-state index in [-0.39, 0.29) is 5.78 Å². The lowest BCUT2D eigenvalue weighted by Crippen LogP contribution is -2.30. The average Bonchev–Trinajstić information content (AvgIpc) is 2.78. The van der Waals surface area contributed by atoms with Crippen LogP contribution in [0.3, 0.4) is 0 Å². The molecule has 0 N–H and O–H groups in total. The van der Waals surface area contributed by atoms with Crippen LogP contribution in [0, 0.1) is 35.5 Å². The third-order valence-electron chi connectivity index (χ3n) is 4.75. The summed E-state index contributed by atoms with van der Waals surface area (Å²) in [5.74, 6) is -1.57. The monoisotopic (exact) mass is 396 g/mol. The average molecular weight is 397 g/mol. The van der Waals surface area contributed by atoms with Gasteiger partial charge in [0, 0.05) is 16.4 Å². The van der Waals surface area contributed by atoms with Gasteiger partial charge in [-0.15, -0.1) is 11.8 Å². The SMILES string of the molecule is Cc1ccc(S[C@H](C(=O)c2ccccc2)[C@H](c2ccccc2)C(C#N)C#N)cc1. The van der Waals surface area contributed by atoms with Crippen LogP contribution in [-0.4, -0.2) is 11.0 Å². The number of nitriles is 2. The number of aryl methyl sites for hydroxylation is 1. The van der Waals surface area contributed by atoms with Gasteiger partial charge in [0.1, 0.15) is 5.92 Å². The minimum atomic E-state index is -0.937. The van der Waals surface area contributed by atoms with Crippen LogP contribution in [0.5, 0.6) is 0 Å². The summed E-state index contributed by atoms with van der Waals surface area (Å²) in [6.07, 6.45) is 0.